The molecule has 3 heteroatoms. The van der Waals surface area contributed by atoms with Gasteiger partial charge in [-0.05, 0) is 38.0 Å². The van der Waals surface area contributed by atoms with Crippen LogP contribution in [-0.4, -0.2) is 17.3 Å². The molecule has 2 nitrogen and oxygen atoms in total. The maximum absolute atomic E-state index is 12.2. The standard InChI is InChI=1S/C13H22BrNO/c1-2-13(7-3-4-8-13)12(16)15-9-11(14)10-5-6-10/h10-11H,2-9H2,1H3,(H,15,16). The maximum Gasteiger partial charge on any atom is 0.226 e. The van der Waals surface area contributed by atoms with E-state index in [0.717, 1.165) is 31.7 Å². The van der Waals surface area contributed by atoms with Gasteiger partial charge in [0.2, 0.25) is 5.91 Å². The van der Waals surface area contributed by atoms with Crippen LogP contribution in [0.25, 0.3) is 0 Å². The summed E-state index contributed by atoms with van der Waals surface area (Å²) in [6.07, 6.45) is 8.27. The van der Waals surface area contributed by atoms with E-state index >= 15 is 0 Å². The van der Waals surface area contributed by atoms with E-state index in [0.29, 0.717) is 10.7 Å². The average Bonchev–Trinajstić information content (AvgIpc) is 3.04. The van der Waals surface area contributed by atoms with E-state index in [2.05, 4.69) is 28.2 Å². The van der Waals surface area contributed by atoms with Crippen molar-refractivity contribution in [2.45, 2.75) is 56.7 Å². The summed E-state index contributed by atoms with van der Waals surface area (Å²) in [7, 11) is 0. The number of carbonyl (C=O) groups is 1. The zero-order valence-electron chi connectivity index (χ0n) is 10.1. The van der Waals surface area contributed by atoms with E-state index < -0.39 is 0 Å². The summed E-state index contributed by atoms with van der Waals surface area (Å²) in [4.78, 5) is 12.7. The van der Waals surface area contributed by atoms with Crippen molar-refractivity contribution < 1.29 is 4.79 Å². The molecule has 0 aliphatic heterocycles. The molecule has 1 unspecified atom stereocenters. The third kappa shape index (κ3) is 2.61. The smallest absolute Gasteiger partial charge is 0.226 e. The lowest BCUT2D eigenvalue weighted by Gasteiger charge is -2.26. The molecule has 0 bridgehead atoms. The molecule has 0 spiro atoms. The second-order valence-corrected chi connectivity index (χ2v) is 6.58. The van der Waals surface area contributed by atoms with Crippen LogP contribution in [0.1, 0.15) is 51.9 Å². The summed E-state index contributed by atoms with van der Waals surface area (Å²) in [6.45, 7) is 2.96. The van der Waals surface area contributed by atoms with Crippen LogP contribution in [0.15, 0.2) is 0 Å². The Balaban J connectivity index is 1.81. The van der Waals surface area contributed by atoms with Crippen molar-refractivity contribution in [3.8, 4) is 0 Å². The van der Waals surface area contributed by atoms with Gasteiger partial charge in [0, 0.05) is 16.8 Å². The Morgan fingerprint density at radius 2 is 2.06 bits per heavy atom. The third-order valence-electron chi connectivity index (χ3n) is 4.31. The molecular weight excluding hydrogens is 266 g/mol. The predicted octanol–water partition coefficient (Wildman–Crippen LogP) is 3.25. The Morgan fingerprint density at radius 1 is 1.44 bits per heavy atom. The Labute approximate surface area is 107 Å². The molecule has 2 fully saturated rings. The maximum atomic E-state index is 12.2. The third-order valence-corrected chi connectivity index (χ3v) is 5.38. The van der Waals surface area contributed by atoms with Crippen molar-refractivity contribution in [2.24, 2.45) is 11.3 Å². The number of rotatable bonds is 5. The van der Waals surface area contributed by atoms with Crippen molar-refractivity contribution in [2.75, 3.05) is 6.54 Å². The molecular formula is C13H22BrNO. The van der Waals surface area contributed by atoms with Crippen LogP contribution < -0.4 is 5.32 Å². The molecule has 0 aromatic carbocycles. The molecule has 2 rings (SSSR count). The molecule has 0 radical (unpaired) electrons. The Kier molecular flexibility index (Phi) is 3.93. The minimum atomic E-state index is -0.0315. The first-order chi connectivity index (χ1) is 7.68. The van der Waals surface area contributed by atoms with Crippen LogP contribution in [0, 0.1) is 11.3 Å². The van der Waals surface area contributed by atoms with E-state index in [1.165, 1.54) is 25.7 Å². The molecule has 92 valence electrons. The number of nitrogens with one attached hydrogen (secondary N) is 1. The monoisotopic (exact) mass is 287 g/mol. The molecule has 0 aromatic rings. The summed E-state index contributed by atoms with van der Waals surface area (Å²) in [6, 6.07) is 0. The van der Waals surface area contributed by atoms with Crippen LogP contribution in [0.5, 0.6) is 0 Å². The molecule has 2 aliphatic rings. The zero-order chi connectivity index (χ0) is 11.6. The van der Waals surface area contributed by atoms with Crippen molar-refractivity contribution in [1.29, 1.82) is 0 Å². The zero-order valence-corrected chi connectivity index (χ0v) is 11.7. The summed E-state index contributed by atoms with van der Waals surface area (Å²) >= 11 is 3.67. The molecule has 1 amide bonds. The van der Waals surface area contributed by atoms with E-state index in [4.69, 9.17) is 0 Å². The molecule has 2 aliphatic carbocycles. The fraction of sp³-hybridized carbons (Fsp3) is 0.923. The van der Waals surface area contributed by atoms with Crippen LogP contribution in [0.3, 0.4) is 0 Å². The fourth-order valence-electron chi connectivity index (χ4n) is 2.80. The number of carbonyl (C=O) groups excluding carboxylic acids is 1. The van der Waals surface area contributed by atoms with E-state index in [-0.39, 0.29) is 5.41 Å². The van der Waals surface area contributed by atoms with Crippen LogP contribution in [-0.2, 0) is 4.79 Å². The molecule has 0 aromatic heterocycles. The van der Waals surface area contributed by atoms with Gasteiger partial charge in [-0.15, -0.1) is 0 Å². The van der Waals surface area contributed by atoms with E-state index in [9.17, 15) is 4.79 Å². The molecule has 0 saturated heterocycles. The second kappa shape index (κ2) is 5.07. The van der Waals surface area contributed by atoms with Crippen molar-refractivity contribution in [3.63, 3.8) is 0 Å². The van der Waals surface area contributed by atoms with Crippen LogP contribution in [0.2, 0.25) is 0 Å². The largest absolute Gasteiger partial charge is 0.354 e. The fourth-order valence-corrected chi connectivity index (χ4v) is 3.49. The van der Waals surface area contributed by atoms with E-state index in [1.54, 1.807) is 0 Å². The lowest BCUT2D eigenvalue weighted by molar-refractivity contribution is -0.131. The molecule has 0 heterocycles. The minimum absolute atomic E-state index is 0.0315. The molecule has 1 atom stereocenters. The SMILES string of the molecule is CCC1(C(=O)NCC(Br)C2CC2)CCCC1. The normalized spacial score (nSPS) is 25.4. The highest BCUT2D eigenvalue weighted by atomic mass is 79.9. The highest BCUT2D eigenvalue weighted by Gasteiger charge is 2.39. The van der Waals surface area contributed by atoms with Gasteiger partial charge in [0.25, 0.3) is 0 Å². The molecule has 16 heavy (non-hydrogen) atoms. The van der Waals surface area contributed by atoms with Gasteiger partial charge in [-0.2, -0.15) is 0 Å². The Bertz CT molecular complexity index is 257. The van der Waals surface area contributed by atoms with Gasteiger partial charge >= 0.3 is 0 Å². The predicted molar refractivity (Wildman–Crippen MR) is 69.6 cm³/mol. The average molecular weight is 288 g/mol. The van der Waals surface area contributed by atoms with Crippen LogP contribution in [0.4, 0.5) is 0 Å². The van der Waals surface area contributed by atoms with Crippen molar-refractivity contribution in [1.82, 2.24) is 5.32 Å². The van der Waals surface area contributed by atoms with Gasteiger partial charge in [0.1, 0.15) is 0 Å². The summed E-state index contributed by atoms with van der Waals surface area (Å²) < 4.78 is 0. The minimum Gasteiger partial charge on any atom is -0.354 e. The first-order valence-corrected chi connectivity index (χ1v) is 7.52. The summed E-state index contributed by atoms with van der Waals surface area (Å²) in [5.41, 5.74) is -0.0315. The molecule has 2 saturated carbocycles. The van der Waals surface area contributed by atoms with Gasteiger partial charge < -0.3 is 5.32 Å². The van der Waals surface area contributed by atoms with Gasteiger partial charge in [-0.25, -0.2) is 0 Å². The number of halogens is 1. The highest BCUT2D eigenvalue weighted by molar-refractivity contribution is 9.09. The van der Waals surface area contributed by atoms with Crippen LogP contribution >= 0.6 is 15.9 Å². The summed E-state index contributed by atoms with van der Waals surface area (Å²) in [5.74, 6) is 1.11. The quantitative estimate of drug-likeness (QED) is 0.773. The van der Waals surface area contributed by atoms with Gasteiger partial charge in [-0.1, -0.05) is 35.7 Å². The number of alkyl halides is 1. The van der Waals surface area contributed by atoms with Gasteiger partial charge in [0.15, 0.2) is 0 Å². The first kappa shape index (κ1) is 12.4. The van der Waals surface area contributed by atoms with E-state index in [1.807, 2.05) is 0 Å². The number of amides is 1. The van der Waals surface area contributed by atoms with Gasteiger partial charge in [-0.3, -0.25) is 4.79 Å². The van der Waals surface area contributed by atoms with Gasteiger partial charge in [0.05, 0.1) is 0 Å². The highest BCUT2D eigenvalue weighted by Crippen LogP contribution is 2.41. The second-order valence-electron chi connectivity index (χ2n) is 5.40. The number of hydrogen-bond donors (Lipinski definition) is 1. The first-order valence-electron chi connectivity index (χ1n) is 6.60. The Hall–Kier alpha value is -0.0500. The topological polar surface area (TPSA) is 29.1 Å². The lowest BCUT2D eigenvalue weighted by Crippen LogP contribution is -2.41. The lowest BCUT2D eigenvalue weighted by atomic mass is 9.82. The number of hydrogen-bond acceptors (Lipinski definition) is 1. The Morgan fingerprint density at radius 3 is 2.56 bits per heavy atom. The molecule has 1 N–H and O–H groups in total. The summed E-state index contributed by atoms with van der Waals surface area (Å²) in [5, 5.41) is 3.15. The van der Waals surface area contributed by atoms with Crippen molar-refractivity contribution >= 4 is 21.8 Å². The van der Waals surface area contributed by atoms with Crippen molar-refractivity contribution in [3.05, 3.63) is 0 Å².